The molecular formula is C15H23ClN2S2. The molecule has 0 aliphatic carbocycles. The molecule has 2 aromatic rings. The Morgan fingerprint density at radius 3 is 2.65 bits per heavy atom. The lowest BCUT2D eigenvalue weighted by molar-refractivity contribution is 0.801. The van der Waals surface area contributed by atoms with E-state index < -0.39 is 0 Å². The summed E-state index contributed by atoms with van der Waals surface area (Å²) in [6.45, 7) is 8.91. The smallest absolute Gasteiger partial charge is 0.166 e. The second-order valence-electron chi connectivity index (χ2n) is 5.73. The van der Waals surface area contributed by atoms with E-state index in [1.54, 1.807) is 0 Å². The van der Waals surface area contributed by atoms with E-state index in [1.165, 1.54) is 17.7 Å². The molecule has 0 radical (unpaired) electrons. The van der Waals surface area contributed by atoms with Crippen LogP contribution in [-0.2, 0) is 0 Å². The van der Waals surface area contributed by atoms with E-state index >= 15 is 0 Å². The molecule has 0 saturated heterocycles. The zero-order chi connectivity index (χ0) is 13.9. The number of H-pyrrole nitrogens is 1. The van der Waals surface area contributed by atoms with E-state index in [4.69, 9.17) is 0 Å². The van der Waals surface area contributed by atoms with Gasteiger partial charge in [-0.05, 0) is 36.8 Å². The van der Waals surface area contributed by atoms with Crippen LogP contribution in [0.2, 0.25) is 0 Å². The summed E-state index contributed by atoms with van der Waals surface area (Å²) in [4.78, 5) is 8.00. The molecule has 0 spiro atoms. The van der Waals surface area contributed by atoms with Crippen molar-refractivity contribution in [3.05, 3.63) is 23.8 Å². The number of nitrogens with one attached hydrogen (secondary N) is 1. The number of thioether (sulfide) groups is 2. The van der Waals surface area contributed by atoms with Crippen LogP contribution in [0.4, 0.5) is 0 Å². The number of aromatic amines is 1. The van der Waals surface area contributed by atoms with E-state index in [-0.39, 0.29) is 12.4 Å². The molecule has 2 nitrogen and oxygen atoms in total. The molecule has 0 amide bonds. The number of hydrogen-bond donors (Lipinski definition) is 1. The van der Waals surface area contributed by atoms with Crippen LogP contribution in [0.25, 0.3) is 11.0 Å². The summed E-state index contributed by atoms with van der Waals surface area (Å²) in [5.74, 6) is 2.34. The summed E-state index contributed by atoms with van der Waals surface area (Å²) in [5.41, 5.74) is 3.47. The maximum atomic E-state index is 4.62. The van der Waals surface area contributed by atoms with Crippen molar-refractivity contribution in [3.8, 4) is 0 Å². The van der Waals surface area contributed by atoms with Crippen molar-refractivity contribution in [2.45, 2.75) is 44.0 Å². The Labute approximate surface area is 136 Å². The number of aryl methyl sites for hydroxylation is 1. The second kappa shape index (κ2) is 7.62. The summed E-state index contributed by atoms with van der Waals surface area (Å²) in [6, 6.07) is 6.36. The minimum atomic E-state index is 0. The van der Waals surface area contributed by atoms with Gasteiger partial charge in [0.1, 0.15) is 0 Å². The first-order valence-electron chi connectivity index (χ1n) is 6.67. The normalized spacial score (nSPS) is 11.6. The lowest BCUT2D eigenvalue weighted by Gasteiger charge is -2.16. The molecule has 0 aliphatic heterocycles. The molecule has 0 fully saturated rings. The first kappa shape index (κ1) is 17.7. The highest BCUT2D eigenvalue weighted by Crippen LogP contribution is 2.25. The Bertz CT molecular complexity index is 546. The number of halogens is 1. The highest BCUT2D eigenvalue weighted by molar-refractivity contribution is 8.00. The highest BCUT2D eigenvalue weighted by atomic mass is 35.5. The maximum Gasteiger partial charge on any atom is 0.166 e. The largest absolute Gasteiger partial charge is 0.333 e. The number of rotatable bonds is 5. The summed E-state index contributed by atoms with van der Waals surface area (Å²) in [7, 11) is 0. The molecular weight excluding hydrogens is 308 g/mol. The van der Waals surface area contributed by atoms with Crippen molar-refractivity contribution < 1.29 is 0 Å². The Morgan fingerprint density at radius 2 is 1.95 bits per heavy atom. The molecule has 0 atom stereocenters. The first-order valence-corrected chi connectivity index (χ1v) is 8.64. The van der Waals surface area contributed by atoms with Gasteiger partial charge in [-0.15, -0.1) is 12.4 Å². The zero-order valence-electron chi connectivity index (χ0n) is 12.5. The van der Waals surface area contributed by atoms with E-state index in [0.29, 0.717) is 4.75 Å². The third-order valence-corrected chi connectivity index (χ3v) is 5.00. The minimum Gasteiger partial charge on any atom is -0.333 e. The Kier molecular flexibility index (Phi) is 6.76. The fraction of sp³-hybridized carbons (Fsp3) is 0.533. The van der Waals surface area contributed by atoms with Gasteiger partial charge in [-0.2, -0.15) is 11.8 Å². The van der Waals surface area contributed by atoms with Crippen LogP contribution >= 0.6 is 35.9 Å². The standard InChI is InChI=1S/C15H22N2S2.ClH/c1-11-6-7-12-13(10-11)17-14(16-12)18-8-5-9-19-15(2,3)4;/h6-7,10H,5,8-9H2,1-4H3,(H,16,17);1H. The van der Waals surface area contributed by atoms with Gasteiger partial charge in [0.2, 0.25) is 0 Å². The number of fused-ring (bicyclic) bond motifs is 1. The molecule has 5 heteroatoms. The molecule has 1 N–H and O–H groups in total. The Hall–Kier alpha value is -0.320. The van der Waals surface area contributed by atoms with Crippen LogP contribution in [0.3, 0.4) is 0 Å². The summed E-state index contributed by atoms with van der Waals surface area (Å²) in [6.07, 6.45) is 1.22. The monoisotopic (exact) mass is 330 g/mol. The number of aromatic nitrogens is 2. The molecule has 1 heterocycles. The van der Waals surface area contributed by atoms with Gasteiger partial charge in [0, 0.05) is 10.5 Å². The van der Waals surface area contributed by atoms with E-state index in [0.717, 1.165) is 21.9 Å². The quantitative estimate of drug-likeness (QED) is 0.595. The van der Waals surface area contributed by atoms with Crippen molar-refractivity contribution in [2.75, 3.05) is 11.5 Å². The first-order chi connectivity index (χ1) is 8.94. The minimum absolute atomic E-state index is 0. The van der Waals surface area contributed by atoms with Crippen LogP contribution in [0, 0.1) is 6.92 Å². The topological polar surface area (TPSA) is 28.7 Å². The zero-order valence-corrected chi connectivity index (χ0v) is 15.0. The number of nitrogens with zero attached hydrogens (tertiary/aromatic N) is 1. The molecule has 20 heavy (non-hydrogen) atoms. The second-order valence-corrected chi connectivity index (χ2v) is 8.73. The van der Waals surface area contributed by atoms with Crippen LogP contribution in [0.1, 0.15) is 32.8 Å². The molecule has 0 saturated carbocycles. The lowest BCUT2D eigenvalue weighted by atomic mass is 10.2. The molecule has 2 rings (SSSR count). The third-order valence-electron chi connectivity index (χ3n) is 2.68. The van der Waals surface area contributed by atoms with Crippen molar-refractivity contribution >= 4 is 47.0 Å². The predicted octanol–water partition coefficient (Wildman–Crippen LogP) is 5.31. The molecule has 1 aromatic carbocycles. The average molecular weight is 331 g/mol. The van der Waals surface area contributed by atoms with Crippen LogP contribution in [-0.4, -0.2) is 26.2 Å². The Morgan fingerprint density at radius 1 is 1.20 bits per heavy atom. The van der Waals surface area contributed by atoms with Gasteiger partial charge in [0.25, 0.3) is 0 Å². The highest BCUT2D eigenvalue weighted by Gasteiger charge is 2.09. The SMILES string of the molecule is Cc1ccc2[nH]c(SCCCSC(C)(C)C)nc2c1.Cl. The summed E-state index contributed by atoms with van der Waals surface area (Å²) in [5, 5.41) is 1.04. The van der Waals surface area contributed by atoms with E-state index in [1.807, 2.05) is 23.5 Å². The molecule has 1 aromatic heterocycles. The van der Waals surface area contributed by atoms with E-state index in [2.05, 4.69) is 55.9 Å². The summed E-state index contributed by atoms with van der Waals surface area (Å²) < 4.78 is 0.377. The van der Waals surface area contributed by atoms with Crippen molar-refractivity contribution in [3.63, 3.8) is 0 Å². The molecule has 0 unspecified atom stereocenters. The van der Waals surface area contributed by atoms with Gasteiger partial charge >= 0.3 is 0 Å². The third kappa shape index (κ3) is 5.58. The molecule has 0 aliphatic rings. The van der Waals surface area contributed by atoms with Crippen molar-refractivity contribution in [2.24, 2.45) is 0 Å². The van der Waals surface area contributed by atoms with Crippen molar-refractivity contribution in [1.82, 2.24) is 9.97 Å². The fourth-order valence-electron chi connectivity index (χ4n) is 1.77. The molecule has 112 valence electrons. The van der Waals surface area contributed by atoms with Gasteiger partial charge in [-0.3, -0.25) is 0 Å². The predicted molar refractivity (Wildman–Crippen MR) is 95.6 cm³/mol. The summed E-state index contributed by atoms with van der Waals surface area (Å²) >= 11 is 3.85. The maximum absolute atomic E-state index is 4.62. The van der Waals surface area contributed by atoms with Gasteiger partial charge in [0.15, 0.2) is 5.16 Å². The van der Waals surface area contributed by atoms with Crippen molar-refractivity contribution in [1.29, 1.82) is 0 Å². The van der Waals surface area contributed by atoms with E-state index in [9.17, 15) is 0 Å². The number of imidazole rings is 1. The average Bonchev–Trinajstić information content (AvgIpc) is 2.68. The molecule has 0 bridgehead atoms. The van der Waals surface area contributed by atoms with Crippen LogP contribution in [0.15, 0.2) is 23.4 Å². The lowest BCUT2D eigenvalue weighted by Crippen LogP contribution is -2.08. The Balaban J connectivity index is 0.00000200. The van der Waals surface area contributed by atoms with Gasteiger partial charge < -0.3 is 4.98 Å². The van der Waals surface area contributed by atoms with Gasteiger partial charge in [-0.1, -0.05) is 38.6 Å². The van der Waals surface area contributed by atoms with Gasteiger partial charge in [0.05, 0.1) is 11.0 Å². The van der Waals surface area contributed by atoms with Gasteiger partial charge in [-0.25, -0.2) is 4.98 Å². The number of hydrogen-bond acceptors (Lipinski definition) is 3. The van der Waals surface area contributed by atoms with Crippen LogP contribution < -0.4 is 0 Å². The van der Waals surface area contributed by atoms with Crippen LogP contribution in [0.5, 0.6) is 0 Å². The number of benzene rings is 1. The fourth-order valence-corrected chi connectivity index (χ4v) is 3.68.